The van der Waals surface area contributed by atoms with E-state index in [-0.39, 0.29) is 11.8 Å². The molecule has 0 fully saturated rings. The zero-order chi connectivity index (χ0) is 13.7. The molecule has 0 spiro atoms. The highest BCUT2D eigenvalue weighted by molar-refractivity contribution is 5.78. The van der Waals surface area contributed by atoms with E-state index in [4.69, 9.17) is 0 Å². The number of aromatic amines is 1. The average Bonchev–Trinajstić information content (AvgIpc) is 2.93. The first-order valence-corrected chi connectivity index (χ1v) is 6.30. The quantitative estimate of drug-likeness (QED) is 0.853. The normalized spacial score (nSPS) is 12.1. The summed E-state index contributed by atoms with van der Waals surface area (Å²) in [6, 6.07) is 3.68. The van der Waals surface area contributed by atoms with Crippen LogP contribution in [0.3, 0.4) is 0 Å². The molecule has 0 aromatic carbocycles. The maximum absolute atomic E-state index is 11.6. The van der Waals surface area contributed by atoms with Crippen molar-refractivity contribution in [3.63, 3.8) is 0 Å². The Kier molecular flexibility index (Phi) is 4.22. The van der Waals surface area contributed by atoms with Gasteiger partial charge in [0, 0.05) is 23.9 Å². The van der Waals surface area contributed by atoms with Crippen molar-refractivity contribution < 1.29 is 4.79 Å². The first kappa shape index (κ1) is 13.2. The van der Waals surface area contributed by atoms with Gasteiger partial charge in [0.2, 0.25) is 5.91 Å². The number of amides is 1. The molecule has 0 saturated heterocycles. The van der Waals surface area contributed by atoms with Crippen LogP contribution in [0.15, 0.2) is 24.5 Å². The molecule has 1 atom stereocenters. The molecule has 0 radical (unpaired) electrons. The molecule has 2 aromatic rings. The lowest BCUT2D eigenvalue weighted by Gasteiger charge is -2.07. The van der Waals surface area contributed by atoms with Crippen LogP contribution in [0.5, 0.6) is 0 Å². The number of pyridine rings is 1. The lowest BCUT2D eigenvalue weighted by Crippen LogP contribution is -2.28. The minimum atomic E-state index is 0.0163. The summed E-state index contributed by atoms with van der Waals surface area (Å²) in [5.74, 6) is 1.30. The summed E-state index contributed by atoms with van der Waals surface area (Å²) >= 11 is 0. The van der Waals surface area contributed by atoms with Crippen LogP contribution in [0.25, 0.3) is 11.4 Å². The Hall–Kier alpha value is -2.24. The van der Waals surface area contributed by atoms with E-state index in [1.54, 1.807) is 12.4 Å². The molecule has 2 N–H and O–H groups in total. The van der Waals surface area contributed by atoms with Crippen molar-refractivity contribution in [3.05, 3.63) is 30.4 Å². The van der Waals surface area contributed by atoms with E-state index in [0.29, 0.717) is 18.2 Å². The highest BCUT2D eigenvalue weighted by Gasteiger charge is 2.11. The Labute approximate surface area is 111 Å². The van der Waals surface area contributed by atoms with Crippen LogP contribution in [0, 0.1) is 5.92 Å². The monoisotopic (exact) mass is 259 g/mol. The zero-order valence-electron chi connectivity index (χ0n) is 11.1. The van der Waals surface area contributed by atoms with Gasteiger partial charge in [0.05, 0.1) is 6.54 Å². The molecule has 0 aliphatic heterocycles. The third kappa shape index (κ3) is 3.37. The Morgan fingerprint density at radius 1 is 1.42 bits per heavy atom. The van der Waals surface area contributed by atoms with Crippen molar-refractivity contribution in [2.24, 2.45) is 5.92 Å². The zero-order valence-corrected chi connectivity index (χ0v) is 11.1. The lowest BCUT2D eigenvalue weighted by atomic mass is 10.1. The molecule has 100 valence electrons. The van der Waals surface area contributed by atoms with E-state index in [9.17, 15) is 4.79 Å². The molecule has 19 heavy (non-hydrogen) atoms. The molecular formula is C13H17N5O. The second-order valence-corrected chi connectivity index (χ2v) is 4.37. The molecule has 6 heteroatoms. The molecule has 2 rings (SSSR count). The minimum absolute atomic E-state index is 0.0163. The fourth-order valence-corrected chi connectivity index (χ4v) is 1.53. The van der Waals surface area contributed by atoms with Crippen molar-refractivity contribution in [1.82, 2.24) is 25.5 Å². The van der Waals surface area contributed by atoms with E-state index in [2.05, 4.69) is 25.5 Å². The van der Waals surface area contributed by atoms with Crippen LogP contribution in [-0.2, 0) is 11.3 Å². The predicted octanol–water partition coefficient (Wildman–Crippen LogP) is 1.53. The van der Waals surface area contributed by atoms with Crippen LogP contribution in [0.4, 0.5) is 0 Å². The summed E-state index contributed by atoms with van der Waals surface area (Å²) in [6.07, 6.45) is 4.21. The summed E-state index contributed by atoms with van der Waals surface area (Å²) in [6.45, 7) is 4.25. The van der Waals surface area contributed by atoms with Crippen molar-refractivity contribution >= 4 is 5.91 Å². The number of carbonyl (C=O) groups is 1. The number of carbonyl (C=O) groups excluding carboxylic acids is 1. The molecule has 0 saturated carbocycles. The average molecular weight is 259 g/mol. The molecule has 0 aliphatic rings. The SMILES string of the molecule is CC[C@H](C)C(=O)NCc1nc(-c2ccncc2)n[nH]1. The Bertz CT molecular complexity index is 537. The molecule has 1 amide bonds. The first-order valence-electron chi connectivity index (χ1n) is 6.30. The van der Waals surface area contributed by atoms with E-state index in [1.807, 2.05) is 26.0 Å². The Balaban J connectivity index is 1.97. The Morgan fingerprint density at radius 2 is 2.16 bits per heavy atom. The second kappa shape index (κ2) is 6.08. The summed E-state index contributed by atoms with van der Waals surface area (Å²) < 4.78 is 0. The highest BCUT2D eigenvalue weighted by Crippen LogP contribution is 2.12. The topological polar surface area (TPSA) is 83.6 Å². The van der Waals surface area contributed by atoms with E-state index >= 15 is 0 Å². The summed E-state index contributed by atoms with van der Waals surface area (Å²) in [5.41, 5.74) is 0.894. The highest BCUT2D eigenvalue weighted by atomic mass is 16.1. The summed E-state index contributed by atoms with van der Waals surface area (Å²) in [5, 5.41) is 9.76. The number of hydrogen-bond acceptors (Lipinski definition) is 4. The summed E-state index contributed by atoms with van der Waals surface area (Å²) in [7, 11) is 0. The molecule has 2 aromatic heterocycles. The van der Waals surface area contributed by atoms with Gasteiger partial charge in [0.15, 0.2) is 5.82 Å². The molecule has 0 aliphatic carbocycles. The van der Waals surface area contributed by atoms with Crippen molar-refractivity contribution in [1.29, 1.82) is 0 Å². The minimum Gasteiger partial charge on any atom is -0.349 e. The van der Waals surface area contributed by atoms with Gasteiger partial charge in [-0.15, -0.1) is 0 Å². The van der Waals surface area contributed by atoms with Gasteiger partial charge in [-0.25, -0.2) is 4.98 Å². The first-order chi connectivity index (χ1) is 9.20. The Morgan fingerprint density at radius 3 is 2.84 bits per heavy atom. The van der Waals surface area contributed by atoms with Gasteiger partial charge in [-0.05, 0) is 18.6 Å². The molecular weight excluding hydrogens is 242 g/mol. The van der Waals surface area contributed by atoms with Gasteiger partial charge in [0.1, 0.15) is 5.82 Å². The van der Waals surface area contributed by atoms with Gasteiger partial charge in [-0.2, -0.15) is 5.10 Å². The van der Waals surface area contributed by atoms with Crippen LogP contribution in [0.1, 0.15) is 26.1 Å². The molecule has 6 nitrogen and oxygen atoms in total. The number of nitrogens with zero attached hydrogens (tertiary/aromatic N) is 3. The van der Waals surface area contributed by atoms with E-state index < -0.39 is 0 Å². The predicted molar refractivity (Wildman–Crippen MR) is 70.9 cm³/mol. The number of H-pyrrole nitrogens is 1. The molecule has 0 bridgehead atoms. The lowest BCUT2D eigenvalue weighted by molar-refractivity contribution is -0.124. The second-order valence-electron chi connectivity index (χ2n) is 4.37. The van der Waals surface area contributed by atoms with Crippen LogP contribution < -0.4 is 5.32 Å². The fourth-order valence-electron chi connectivity index (χ4n) is 1.53. The van der Waals surface area contributed by atoms with Gasteiger partial charge < -0.3 is 5.32 Å². The van der Waals surface area contributed by atoms with Gasteiger partial charge in [-0.1, -0.05) is 13.8 Å². The van der Waals surface area contributed by atoms with Gasteiger partial charge >= 0.3 is 0 Å². The van der Waals surface area contributed by atoms with Crippen LogP contribution >= 0.6 is 0 Å². The van der Waals surface area contributed by atoms with Crippen molar-refractivity contribution in [3.8, 4) is 11.4 Å². The summed E-state index contributed by atoms with van der Waals surface area (Å²) in [4.78, 5) is 19.9. The van der Waals surface area contributed by atoms with Crippen LogP contribution in [0.2, 0.25) is 0 Å². The number of aromatic nitrogens is 4. The van der Waals surface area contributed by atoms with Gasteiger partial charge in [0.25, 0.3) is 0 Å². The number of rotatable bonds is 5. The van der Waals surface area contributed by atoms with Crippen molar-refractivity contribution in [2.45, 2.75) is 26.8 Å². The fraction of sp³-hybridized carbons (Fsp3) is 0.385. The standard InChI is InChI=1S/C13H17N5O/c1-3-9(2)13(19)15-8-11-16-12(18-17-11)10-4-6-14-7-5-10/h4-7,9H,3,8H2,1-2H3,(H,15,19)(H,16,17,18)/t9-/m0/s1. The molecule has 0 unspecified atom stereocenters. The largest absolute Gasteiger partial charge is 0.349 e. The maximum atomic E-state index is 11.6. The van der Waals surface area contributed by atoms with E-state index in [1.165, 1.54) is 0 Å². The smallest absolute Gasteiger partial charge is 0.223 e. The third-order valence-electron chi connectivity index (χ3n) is 2.96. The van der Waals surface area contributed by atoms with Crippen LogP contribution in [-0.4, -0.2) is 26.1 Å². The number of hydrogen-bond donors (Lipinski definition) is 2. The van der Waals surface area contributed by atoms with Crippen molar-refractivity contribution in [2.75, 3.05) is 0 Å². The third-order valence-corrected chi connectivity index (χ3v) is 2.96. The maximum Gasteiger partial charge on any atom is 0.223 e. The number of nitrogens with one attached hydrogen (secondary N) is 2. The molecule has 2 heterocycles. The van der Waals surface area contributed by atoms with Gasteiger partial charge in [-0.3, -0.25) is 14.9 Å². The van der Waals surface area contributed by atoms with E-state index in [0.717, 1.165) is 12.0 Å².